The van der Waals surface area contributed by atoms with Gasteiger partial charge in [-0.1, -0.05) is 30.3 Å². The van der Waals surface area contributed by atoms with Crippen LogP contribution in [0.4, 0.5) is 5.13 Å². The molecule has 0 fully saturated rings. The molecular formula is C20H21N3O3S. The first-order valence-corrected chi connectivity index (χ1v) is 9.54. The van der Waals surface area contributed by atoms with Gasteiger partial charge in [0.05, 0.1) is 18.3 Å². The van der Waals surface area contributed by atoms with Crippen LogP contribution in [0.1, 0.15) is 29.8 Å². The lowest BCUT2D eigenvalue weighted by Crippen LogP contribution is -2.14. The molecule has 27 heavy (non-hydrogen) atoms. The Hall–Kier alpha value is -2.93. The first kappa shape index (κ1) is 18.8. The van der Waals surface area contributed by atoms with Gasteiger partial charge in [-0.2, -0.15) is 4.98 Å². The van der Waals surface area contributed by atoms with Crippen molar-refractivity contribution >= 4 is 22.4 Å². The molecule has 6 nitrogen and oxygen atoms in total. The van der Waals surface area contributed by atoms with Crippen molar-refractivity contribution < 1.29 is 14.3 Å². The summed E-state index contributed by atoms with van der Waals surface area (Å²) in [5.74, 6) is 0.425. The number of pyridine rings is 1. The summed E-state index contributed by atoms with van der Waals surface area (Å²) in [6.07, 6.45) is 2.32. The number of carbonyl (C=O) groups excluding carboxylic acids is 1. The molecule has 1 aromatic carbocycles. The first-order valence-electron chi connectivity index (χ1n) is 8.66. The van der Waals surface area contributed by atoms with E-state index in [4.69, 9.17) is 9.47 Å². The number of rotatable bonds is 8. The van der Waals surface area contributed by atoms with Crippen molar-refractivity contribution in [3.05, 3.63) is 65.2 Å². The predicted molar refractivity (Wildman–Crippen MR) is 106 cm³/mol. The van der Waals surface area contributed by atoms with E-state index < -0.39 is 0 Å². The highest BCUT2D eigenvalue weighted by molar-refractivity contribution is 7.13. The molecule has 0 saturated carbocycles. The van der Waals surface area contributed by atoms with E-state index in [1.165, 1.54) is 16.9 Å². The van der Waals surface area contributed by atoms with Gasteiger partial charge in [-0.05, 0) is 19.4 Å². The average Bonchev–Trinajstić information content (AvgIpc) is 3.15. The van der Waals surface area contributed by atoms with Crippen LogP contribution in [0.3, 0.4) is 0 Å². The van der Waals surface area contributed by atoms with Gasteiger partial charge in [-0.3, -0.25) is 10.1 Å². The van der Waals surface area contributed by atoms with Crippen LogP contribution in [0.25, 0.3) is 0 Å². The van der Waals surface area contributed by atoms with E-state index in [0.717, 1.165) is 6.42 Å². The molecule has 0 bridgehead atoms. The fraction of sp³-hybridized carbons (Fsp3) is 0.250. The molecule has 0 aliphatic rings. The minimum atomic E-state index is -0.283. The molecular weight excluding hydrogens is 362 g/mol. The van der Waals surface area contributed by atoms with Crippen molar-refractivity contribution in [1.29, 1.82) is 0 Å². The number of hydrogen-bond acceptors (Lipinski definition) is 6. The van der Waals surface area contributed by atoms with Gasteiger partial charge >= 0.3 is 0 Å². The third kappa shape index (κ3) is 5.79. The van der Waals surface area contributed by atoms with E-state index in [1.54, 1.807) is 23.7 Å². The topological polar surface area (TPSA) is 73.3 Å². The van der Waals surface area contributed by atoms with Gasteiger partial charge in [0.2, 0.25) is 11.8 Å². The Morgan fingerprint density at radius 3 is 2.67 bits per heavy atom. The Labute approximate surface area is 162 Å². The summed E-state index contributed by atoms with van der Waals surface area (Å²) < 4.78 is 11.4. The molecule has 7 heteroatoms. The summed E-state index contributed by atoms with van der Waals surface area (Å²) in [6.45, 7) is 4.26. The summed E-state index contributed by atoms with van der Waals surface area (Å²) in [6, 6.07) is 13.3. The monoisotopic (exact) mass is 383 g/mol. The van der Waals surface area contributed by atoms with Crippen LogP contribution in [0.2, 0.25) is 0 Å². The zero-order chi connectivity index (χ0) is 19.1. The fourth-order valence-electron chi connectivity index (χ4n) is 2.36. The Balaban J connectivity index is 1.72. The maximum atomic E-state index is 12.5. The highest BCUT2D eigenvalue weighted by atomic mass is 32.1. The van der Waals surface area contributed by atoms with Crippen LogP contribution in [0.15, 0.2) is 54.0 Å². The van der Waals surface area contributed by atoms with Gasteiger partial charge in [0, 0.05) is 30.1 Å². The average molecular weight is 383 g/mol. The normalized spacial score (nSPS) is 10.6. The van der Waals surface area contributed by atoms with E-state index in [2.05, 4.69) is 15.3 Å². The molecule has 0 atom stereocenters. The van der Waals surface area contributed by atoms with Crippen LogP contribution in [-0.2, 0) is 6.42 Å². The number of anilines is 1. The molecule has 0 aliphatic carbocycles. The van der Waals surface area contributed by atoms with Crippen molar-refractivity contribution in [2.45, 2.75) is 26.4 Å². The highest BCUT2D eigenvalue weighted by Crippen LogP contribution is 2.21. The smallest absolute Gasteiger partial charge is 0.257 e. The third-order valence-corrected chi connectivity index (χ3v) is 4.22. The zero-order valence-electron chi connectivity index (χ0n) is 15.2. The number of nitrogens with zero attached hydrogens (tertiary/aromatic N) is 2. The van der Waals surface area contributed by atoms with Crippen LogP contribution < -0.4 is 14.8 Å². The molecule has 0 spiro atoms. The van der Waals surface area contributed by atoms with E-state index >= 15 is 0 Å². The lowest BCUT2D eigenvalue weighted by atomic mass is 10.2. The van der Waals surface area contributed by atoms with Gasteiger partial charge in [-0.15, -0.1) is 11.3 Å². The number of nitrogens with one attached hydrogen (secondary N) is 1. The summed E-state index contributed by atoms with van der Waals surface area (Å²) in [4.78, 5) is 20.9. The van der Waals surface area contributed by atoms with Gasteiger partial charge in [0.15, 0.2) is 5.13 Å². The molecule has 0 radical (unpaired) electrons. The Morgan fingerprint density at radius 2 is 1.96 bits per heavy atom. The van der Waals surface area contributed by atoms with Crippen molar-refractivity contribution in [2.24, 2.45) is 0 Å². The van der Waals surface area contributed by atoms with Crippen LogP contribution in [0.5, 0.6) is 11.8 Å². The molecule has 0 saturated heterocycles. The molecule has 0 unspecified atom stereocenters. The second-order valence-electron chi connectivity index (χ2n) is 6.07. The minimum absolute atomic E-state index is 0.0630. The van der Waals surface area contributed by atoms with Gasteiger partial charge in [-0.25, -0.2) is 4.98 Å². The second-order valence-corrected chi connectivity index (χ2v) is 6.97. The number of amides is 1. The summed E-state index contributed by atoms with van der Waals surface area (Å²) in [7, 11) is 0. The maximum Gasteiger partial charge on any atom is 0.257 e. The quantitative estimate of drug-likeness (QED) is 0.631. The number of hydrogen-bond donors (Lipinski definition) is 1. The van der Waals surface area contributed by atoms with E-state index in [-0.39, 0.29) is 12.0 Å². The van der Waals surface area contributed by atoms with E-state index in [0.29, 0.717) is 29.1 Å². The van der Waals surface area contributed by atoms with Gasteiger partial charge < -0.3 is 9.47 Å². The number of ether oxygens (including phenoxy) is 2. The molecule has 1 amide bonds. The lowest BCUT2D eigenvalue weighted by Gasteiger charge is -2.13. The second kappa shape index (κ2) is 9.14. The van der Waals surface area contributed by atoms with Crippen molar-refractivity contribution in [1.82, 2.24) is 9.97 Å². The standard InChI is InChI=1S/C20H21N3O3S/c1-14(2)26-18-13-16(19(24)23-20-21-9-11-27-20)12-17(22-18)25-10-8-15-6-4-3-5-7-15/h3-7,9,11-14H,8,10H2,1-2H3,(H,21,23,24). The maximum absolute atomic E-state index is 12.5. The number of carbonyl (C=O) groups is 1. The Morgan fingerprint density at radius 1 is 1.19 bits per heavy atom. The first-order chi connectivity index (χ1) is 13.1. The number of thiazole rings is 1. The fourth-order valence-corrected chi connectivity index (χ4v) is 2.88. The van der Waals surface area contributed by atoms with Crippen molar-refractivity contribution in [3.8, 4) is 11.8 Å². The summed E-state index contributed by atoms with van der Waals surface area (Å²) in [5.41, 5.74) is 1.58. The molecule has 3 aromatic rings. The van der Waals surface area contributed by atoms with E-state index in [9.17, 15) is 4.79 Å². The van der Waals surface area contributed by atoms with Gasteiger partial charge in [0.25, 0.3) is 5.91 Å². The van der Waals surface area contributed by atoms with Gasteiger partial charge in [0.1, 0.15) is 0 Å². The molecule has 1 N–H and O–H groups in total. The Kier molecular flexibility index (Phi) is 6.38. The molecule has 3 rings (SSSR count). The van der Waals surface area contributed by atoms with Crippen molar-refractivity contribution in [3.63, 3.8) is 0 Å². The summed E-state index contributed by atoms with van der Waals surface area (Å²) >= 11 is 1.36. The largest absolute Gasteiger partial charge is 0.477 e. The van der Waals surface area contributed by atoms with Crippen LogP contribution in [0, 0.1) is 0 Å². The molecule has 0 aliphatic heterocycles. The Bertz CT molecular complexity index is 867. The third-order valence-electron chi connectivity index (χ3n) is 3.53. The number of aromatic nitrogens is 2. The SMILES string of the molecule is CC(C)Oc1cc(C(=O)Nc2nccs2)cc(OCCc2ccccc2)n1. The molecule has 140 valence electrons. The van der Waals surface area contributed by atoms with E-state index in [1.807, 2.05) is 44.2 Å². The minimum Gasteiger partial charge on any atom is -0.477 e. The molecule has 2 aromatic heterocycles. The van der Waals surface area contributed by atoms with Crippen LogP contribution >= 0.6 is 11.3 Å². The zero-order valence-corrected chi connectivity index (χ0v) is 16.0. The molecule has 2 heterocycles. The predicted octanol–water partition coefficient (Wildman–Crippen LogP) is 4.20. The summed E-state index contributed by atoms with van der Waals surface area (Å²) in [5, 5.41) is 5.09. The van der Waals surface area contributed by atoms with Crippen molar-refractivity contribution in [2.75, 3.05) is 11.9 Å². The van der Waals surface area contributed by atoms with Crippen LogP contribution in [-0.4, -0.2) is 28.6 Å². The lowest BCUT2D eigenvalue weighted by molar-refractivity contribution is 0.102. The number of benzene rings is 1. The highest BCUT2D eigenvalue weighted by Gasteiger charge is 2.14.